The number of hydrogen-bond acceptors (Lipinski definition) is 5. The zero-order chi connectivity index (χ0) is 18.1. The number of nitrogens with two attached hydrogens (primary N) is 1. The lowest BCUT2D eigenvalue weighted by molar-refractivity contribution is 0.272. The maximum Gasteiger partial charge on any atom is 0.258 e. The van der Waals surface area contributed by atoms with Crippen LogP contribution in [-0.4, -0.2) is 16.3 Å². The van der Waals surface area contributed by atoms with Crippen molar-refractivity contribution in [3.05, 3.63) is 74.0 Å². The number of aliphatic hydroxyl groups is 1. The van der Waals surface area contributed by atoms with Crippen molar-refractivity contribution < 1.29 is 9.84 Å². The molecule has 3 rings (SSSR count). The Labute approximate surface area is 149 Å². The van der Waals surface area contributed by atoms with Crippen LogP contribution >= 0.6 is 11.6 Å². The summed E-state index contributed by atoms with van der Waals surface area (Å²) in [6, 6.07) is 10.6. The molecular weight excluding hydrogens is 342 g/mol. The van der Waals surface area contributed by atoms with Crippen LogP contribution in [-0.2, 0) is 6.54 Å². The van der Waals surface area contributed by atoms with Crippen LogP contribution in [0.2, 0.25) is 5.02 Å². The average molecular weight is 358 g/mol. The maximum absolute atomic E-state index is 13.0. The van der Waals surface area contributed by atoms with Crippen LogP contribution < -0.4 is 16.0 Å². The molecule has 25 heavy (non-hydrogen) atoms. The number of fused-ring (bicyclic) bond motifs is 1. The van der Waals surface area contributed by atoms with Crippen LogP contribution in [0.5, 0.6) is 5.75 Å². The third-order valence-electron chi connectivity index (χ3n) is 4.22. The van der Waals surface area contributed by atoms with E-state index in [9.17, 15) is 15.2 Å². The Kier molecular flexibility index (Phi) is 4.53. The molecule has 0 radical (unpaired) electrons. The van der Waals surface area contributed by atoms with E-state index in [0.29, 0.717) is 27.6 Å². The summed E-state index contributed by atoms with van der Waals surface area (Å²) < 4.78 is 7.00. The van der Waals surface area contributed by atoms with Gasteiger partial charge in [-0.05, 0) is 24.6 Å². The van der Waals surface area contributed by atoms with E-state index < -0.39 is 5.92 Å². The number of nitrogens with zero attached hydrogens (tertiary/aromatic N) is 2. The molecule has 0 fully saturated rings. The van der Waals surface area contributed by atoms with E-state index in [1.807, 2.05) is 0 Å². The first kappa shape index (κ1) is 17.1. The number of aliphatic hydroxyl groups excluding tert-OH is 1. The number of aromatic nitrogens is 1. The highest BCUT2D eigenvalue weighted by Crippen LogP contribution is 2.40. The molecule has 1 aliphatic heterocycles. The monoisotopic (exact) mass is 357 g/mol. The van der Waals surface area contributed by atoms with Gasteiger partial charge in [-0.25, -0.2) is 0 Å². The molecule has 1 aromatic heterocycles. The summed E-state index contributed by atoms with van der Waals surface area (Å²) in [4.78, 5) is 13.0. The van der Waals surface area contributed by atoms with Gasteiger partial charge in [-0.2, -0.15) is 5.26 Å². The number of halogens is 1. The summed E-state index contributed by atoms with van der Waals surface area (Å²) in [5, 5.41) is 19.3. The van der Waals surface area contributed by atoms with Crippen LogP contribution in [0.15, 0.2) is 46.6 Å². The lowest BCUT2D eigenvalue weighted by Crippen LogP contribution is -2.33. The molecule has 0 amide bonds. The van der Waals surface area contributed by atoms with Crippen LogP contribution in [0, 0.1) is 18.3 Å². The predicted octanol–water partition coefficient (Wildman–Crippen LogP) is 2.02. The number of ether oxygens (including phenoxy) is 1. The van der Waals surface area contributed by atoms with Gasteiger partial charge in [-0.1, -0.05) is 23.7 Å². The van der Waals surface area contributed by atoms with Crippen LogP contribution in [0.3, 0.4) is 0 Å². The van der Waals surface area contributed by atoms with Crippen LogP contribution in [0.25, 0.3) is 0 Å². The molecule has 0 bridgehead atoms. The van der Waals surface area contributed by atoms with E-state index in [1.165, 1.54) is 4.57 Å². The molecule has 0 spiro atoms. The Morgan fingerprint density at radius 2 is 2.08 bits per heavy atom. The van der Waals surface area contributed by atoms with Gasteiger partial charge in [0.1, 0.15) is 17.4 Å². The largest absolute Gasteiger partial charge is 0.440 e. The van der Waals surface area contributed by atoms with Crippen molar-refractivity contribution in [2.75, 3.05) is 6.61 Å². The van der Waals surface area contributed by atoms with Crippen LogP contribution in [0.1, 0.15) is 22.7 Å². The number of nitriles is 1. The molecule has 0 saturated carbocycles. The van der Waals surface area contributed by atoms with E-state index in [4.69, 9.17) is 22.1 Å². The molecule has 0 unspecified atom stereocenters. The Morgan fingerprint density at radius 1 is 1.40 bits per heavy atom. The fourth-order valence-electron chi connectivity index (χ4n) is 3.05. The van der Waals surface area contributed by atoms with Gasteiger partial charge >= 0.3 is 0 Å². The summed E-state index contributed by atoms with van der Waals surface area (Å²) in [6.45, 7) is 1.74. The predicted molar refractivity (Wildman–Crippen MR) is 93.3 cm³/mol. The second-order valence-corrected chi connectivity index (χ2v) is 6.16. The maximum atomic E-state index is 13.0. The number of hydrogen-bond donors (Lipinski definition) is 2. The molecule has 6 nitrogen and oxygen atoms in total. The first-order valence-electron chi connectivity index (χ1n) is 7.66. The summed E-state index contributed by atoms with van der Waals surface area (Å²) in [5.74, 6) is -0.342. The molecule has 7 heteroatoms. The highest BCUT2D eigenvalue weighted by molar-refractivity contribution is 6.30. The van der Waals surface area contributed by atoms with Crippen molar-refractivity contribution in [2.45, 2.75) is 19.4 Å². The quantitative estimate of drug-likeness (QED) is 0.875. The molecule has 128 valence electrons. The minimum Gasteiger partial charge on any atom is -0.440 e. The topological polar surface area (TPSA) is 101 Å². The van der Waals surface area contributed by atoms with Crippen molar-refractivity contribution in [3.63, 3.8) is 0 Å². The second kappa shape index (κ2) is 6.63. The summed E-state index contributed by atoms with van der Waals surface area (Å²) >= 11 is 5.95. The fourth-order valence-corrected chi connectivity index (χ4v) is 3.18. The molecule has 2 heterocycles. The van der Waals surface area contributed by atoms with Crippen molar-refractivity contribution in [1.29, 1.82) is 5.26 Å². The van der Waals surface area contributed by atoms with Crippen LogP contribution in [0.4, 0.5) is 0 Å². The van der Waals surface area contributed by atoms with Crippen molar-refractivity contribution in [1.82, 2.24) is 4.57 Å². The van der Waals surface area contributed by atoms with Gasteiger partial charge < -0.3 is 20.1 Å². The zero-order valence-corrected chi connectivity index (χ0v) is 14.2. The molecule has 1 atom stereocenters. The molecule has 3 N–H and O–H groups in total. The lowest BCUT2D eigenvalue weighted by Gasteiger charge is -2.27. The van der Waals surface area contributed by atoms with E-state index in [1.54, 1.807) is 37.3 Å². The first-order valence-corrected chi connectivity index (χ1v) is 8.04. The van der Waals surface area contributed by atoms with Crippen molar-refractivity contribution in [2.24, 2.45) is 5.73 Å². The smallest absolute Gasteiger partial charge is 0.258 e. The van der Waals surface area contributed by atoms with Gasteiger partial charge in [0.2, 0.25) is 5.88 Å². The Morgan fingerprint density at radius 3 is 2.68 bits per heavy atom. The average Bonchev–Trinajstić information content (AvgIpc) is 2.58. The van der Waals surface area contributed by atoms with Gasteiger partial charge in [-0.3, -0.25) is 4.79 Å². The van der Waals surface area contributed by atoms with Crippen molar-refractivity contribution >= 4 is 11.6 Å². The molecule has 1 aromatic carbocycles. The van der Waals surface area contributed by atoms with Gasteiger partial charge in [-0.15, -0.1) is 0 Å². The molecule has 1 aliphatic rings. The molecular formula is C18H16ClN3O3. The number of pyridine rings is 1. The second-order valence-electron chi connectivity index (χ2n) is 5.72. The normalized spacial score (nSPS) is 16.2. The number of aryl methyl sites for hydroxylation is 1. The number of allylic oxidation sites excluding steroid dienone is 1. The molecule has 2 aromatic rings. The van der Waals surface area contributed by atoms with E-state index >= 15 is 0 Å². The standard InChI is InChI=1S/C18H16ClN3O3/c1-10-8-14-16(18(24)22(10)6-7-23)15(13(9-20)17(21)25-14)11-2-4-12(19)5-3-11/h2-5,8,15,23H,6-7,21H2,1H3/t15-/m1/s1. The lowest BCUT2D eigenvalue weighted by atomic mass is 9.84. The first-order chi connectivity index (χ1) is 12.0. The van der Waals surface area contributed by atoms with Gasteiger partial charge in [0.15, 0.2) is 0 Å². The molecule has 0 saturated heterocycles. The van der Waals surface area contributed by atoms with Crippen molar-refractivity contribution in [3.8, 4) is 11.8 Å². The third-order valence-corrected chi connectivity index (χ3v) is 4.47. The van der Waals surface area contributed by atoms with Gasteiger partial charge in [0.25, 0.3) is 5.56 Å². The highest BCUT2D eigenvalue weighted by Gasteiger charge is 2.34. The summed E-state index contributed by atoms with van der Waals surface area (Å²) in [6.07, 6.45) is 0. The fraction of sp³-hybridized carbons (Fsp3) is 0.222. The third kappa shape index (κ3) is 2.88. The van der Waals surface area contributed by atoms with E-state index in [-0.39, 0.29) is 30.2 Å². The van der Waals surface area contributed by atoms with Gasteiger partial charge in [0.05, 0.1) is 18.1 Å². The van der Waals surface area contributed by atoms with Gasteiger partial charge in [0, 0.05) is 23.3 Å². The zero-order valence-electron chi connectivity index (χ0n) is 13.5. The Bertz CT molecular complexity index is 955. The summed E-state index contributed by atoms with van der Waals surface area (Å²) in [7, 11) is 0. The number of rotatable bonds is 3. The SMILES string of the molecule is Cc1cc2c(c(=O)n1CCO)[C@H](c1ccc(Cl)cc1)C(C#N)=C(N)O2. The minimum absolute atomic E-state index is 0.0198. The highest BCUT2D eigenvalue weighted by atomic mass is 35.5. The Hall–Kier alpha value is -2.75. The van der Waals surface area contributed by atoms with E-state index in [0.717, 1.165) is 0 Å². The molecule has 0 aliphatic carbocycles. The minimum atomic E-state index is -0.649. The Balaban J connectivity index is 2.30. The van der Waals surface area contributed by atoms with E-state index in [2.05, 4.69) is 6.07 Å². The summed E-state index contributed by atoms with van der Waals surface area (Å²) in [5.41, 5.74) is 7.45. The number of benzene rings is 1.